The molecule has 5 rings (SSSR count). The minimum absolute atomic E-state index is 0.00730. The van der Waals surface area contributed by atoms with Gasteiger partial charge in [-0.3, -0.25) is 13.9 Å². The molecule has 0 aliphatic carbocycles. The number of H-pyrrole nitrogens is 1. The number of hydrogen-bond acceptors (Lipinski definition) is 5. The van der Waals surface area contributed by atoms with E-state index in [1.807, 2.05) is 0 Å². The molecule has 1 N–H and O–H groups in total. The number of halogens is 7. The minimum atomic E-state index is -4.88. The first-order valence-corrected chi connectivity index (χ1v) is 13.1. The Kier molecular flexibility index (Phi) is 7.93. The molecular formula is C29H23F7N6O3. The van der Waals surface area contributed by atoms with E-state index < -0.39 is 47.4 Å². The van der Waals surface area contributed by atoms with E-state index in [0.717, 1.165) is 50.4 Å². The molecule has 2 heterocycles. The number of carbonyl (C=O) groups excluding carboxylic acids is 1. The number of aromatic amines is 1. The van der Waals surface area contributed by atoms with Crippen molar-refractivity contribution in [2.24, 2.45) is 7.05 Å². The van der Waals surface area contributed by atoms with Crippen LogP contribution in [0, 0.1) is 12.7 Å². The fraction of sp³-hybridized carbons (Fsp3) is 0.241. The standard InChI is InChI=1S/C29H23F7N6O3/c1-15-8-16(9-21(30)26(15)45-13-23-37-14-38-39-23)20-10-18(29(34,35)36)11-22-25(20)41(3)27(44)42(22)12-24(43)40(2)19-6-4-17(5-7-19)28(31,32)33/h4-11,14H,12-13H2,1-3H3,(H,37,38,39). The molecule has 0 saturated carbocycles. The van der Waals surface area contributed by atoms with Crippen LogP contribution in [0.5, 0.6) is 5.75 Å². The van der Waals surface area contributed by atoms with Gasteiger partial charge in [0, 0.05) is 25.3 Å². The Balaban J connectivity index is 1.56. The van der Waals surface area contributed by atoms with Gasteiger partial charge in [0.25, 0.3) is 0 Å². The summed E-state index contributed by atoms with van der Waals surface area (Å²) in [5.74, 6) is -1.53. The number of amides is 1. The van der Waals surface area contributed by atoms with Gasteiger partial charge in [-0.15, -0.1) is 10.2 Å². The Morgan fingerprint density at radius 1 is 1.00 bits per heavy atom. The molecule has 0 bridgehead atoms. The number of nitrogens with one attached hydrogen (secondary N) is 1. The van der Waals surface area contributed by atoms with Gasteiger partial charge in [0.05, 0.1) is 22.2 Å². The van der Waals surface area contributed by atoms with Gasteiger partial charge in [-0.2, -0.15) is 26.3 Å². The summed E-state index contributed by atoms with van der Waals surface area (Å²) in [6, 6.07) is 7.54. The number of likely N-dealkylation sites (N-methyl/N-ethyl adjacent to an activating group) is 1. The first-order valence-electron chi connectivity index (χ1n) is 13.1. The summed E-state index contributed by atoms with van der Waals surface area (Å²) in [4.78, 5) is 30.1. The highest BCUT2D eigenvalue weighted by molar-refractivity contribution is 5.96. The van der Waals surface area contributed by atoms with Gasteiger partial charge >= 0.3 is 18.0 Å². The van der Waals surface area contributed by atoms with Crippen molar-refractivity contribution in [1.29, 1.82) is 0 Å². The SMILES string of the molecule is Cc1cc(-c2cc(C(F)(F)F)cc3c2n(C)c(=O)n3CC(=O)N(C)c2ccc(C(F)(F)F)cc2)cc(F)c1OCc1nnc[nH]1. The fourth-order valence-corrected chi connectivity index (χ4v) is 4.86. The normalized spacial score (nSPS) is 12.1. The second kappa shape index (κ2) is 11.4. The molecule has 1 amide bonds. The number of aromatic nitrogens is 5. The molecule has 0 spiro atoms. The molecule has 0 unspecified atom stereocenters. The van der Waals surface area contributed by atoms with E-state index in [4.69, 9.17) is 4.74 Å². The van der Waals surface area contributed by atoms with Crippen molar-refractivity contribution in [2.75, 3.05) is 11.9 Å². The van der Waals surface area contributed by atoms with Gasteiger partial charge in [-0.05, 0) is 66.6 Å². The zero-order chi connectivity index (χ0) is 32.8. The maximum Gasteiger partial charge on any atom is 0.416 e. The predicted molar refractivity (Wildman–Crippen MR) is 148 cm³/mol. The fourth-order valence-electron chi connectivity index (χ4n) is 4.86. The van der Waals surface area contributed by atoms with E-state index in [1.54, 1.807) is 0 Å². The lowest BCUT2D eigenvalue weighted by atomic mass is 9.98. The van der Waals surface area contributed by atoms with E-state index in [-0.39, 0.29) is 45.8 Å². The van der Waals surface area contributed by atoms with Crippen LogP contribution < -0.4 is 15.3 Å². The third kappa shape index (κ3) is 6.12. The van der Waals surface area contributed by atoms with Crippen molar-refractivity contribution in [3.63, 3.8) is 0 Å². The van der Waals surface area contributed by atoms with Crippen LogP contribution in [0.15, 0.2) is 59.7 Å². The molecule has 5 aromatic rings. The third-order valence-electron chi connectivity index (χ3n) is 7.17. The first-order chi connectivity index (χ1) is 21.1. The average Bonchev–Trinajstić information content (AvgIpc) is 3.58. The average molecular weight is 637 g/mol. The third-order valence-corrected chi connectivity index (χ3v) is 7.17. The number of hydrogen-bond donors (Lipinski definition) is 1. The summed E-state index contributed by atoms with van der Waals surface area (Å²) in [5.41, 5.74) is -3.02. The number of fused-ring (bicyclic) bond motifs is 1. The smallest absolute Gasteiger partial charge is 0.416 e. The number of imidazole rings is 1. The second-order valence-corrected chi connectivity index (χ2v) is 10.1. The van der Waals surface area contributed by atoms with Gasteiger partial charge in [0.1, 0.15) is 19.5 Å². The predicted octanol–water partition coefficient (Wildman–Crippen LogP) is 5.85. The van der Waals surface area contributed by atoms with Crippen molar-refractivity contribution < 1.29 is 40.3 Å². The summed E-state index contributed by atoms with van der Waals surface area (Å²) in [6.45, 7) is 0.598. The number of carbonyl (C=O) groups is 1. The lowest BCUT2D eigenvalue weighted by Crippen LogP contribution is -2.34. The number of benzene rings is 3. The van der Waals surface area contributed by atoms with Crippen LogP contribution in [0.1, 0.15) is 22.5 Å². The molecule has 236 valence electrons. The van der Waals surface area contributed by atoms with Crippen LogP contribution in [0.4, 0.5) is 36.4 Å². The molecule has 0 aliphatic heterocycles. The minimum Gasteiger partial charge on any atom is -0.482 e. The van der Waals surface area contributed by atoms with E-state index >= 15 is 4.39 Å². The van der Waals surface area contributed by atoms with E-state index in [2.05, 4.69) is 15.2 Å². The summed E-state index contributed by atoms with van der Waals surface area (Å²) in [6.07, 6.45) is -8.17. The maximum atomic E-state index is 15.3. The van der Waals surface area contributed by atoms with Crippen LogP contribution in [0.25, 0.3) is 22.2 Å². The molecule has 0 atom stereocenters. The Morgan fingerprint density at radius 2 is 1.67 bits per heavy atom. The number of alkyl halides is 6. The van der Waals surface area contributed by atoms with Crippen molar-refractivity contribution in [3.8, 4) is 16.9 Å². The number of aryl methyl sites for hydroxylation is 2. The van der Waals surface area contributed by atoms with Crippen LogP contribution in [0.3, 0.4) is 0 Å². The topological polar surface area (TPSA) is 98.0 Å². The second-order valence-electron chi connectivity index (χ2n) is 10.1. The Bertz CT molecular complexity index is 1920. The van der Waals surface area contributed by atoms with Crippen LogP contribution in [0.2, 0.25) is 0 Å². The maximum absolute atomic E-state index is 15.3. The molecule has 16 heteroatoms. The lowest BCUT2D eigenvalue weighted by molar-refractivity contribution is -0.138. The molecule has 9 nitrogen and oxygen atoms in total. The molecule has 45 heavy (non-hydrogen) atoms. The monoisotopic (exact) mass is 636 g/mol. The quantitative estimate of drug-likeness (QED) is 0.226. The highest BCUT2D eigenvalue weighted by Crippen LogP contribution is 2.39. The highest BCUT2D eigenvalue weighted by atomic mass is 19.4. The summed E-state index contributed by atoms with van der Waals surface area (Å²) in [5, 5.41) is 7.34. The van der Waals surface area contributed by atoms with Gasteiger partial charge in [-0.25, -0.2) is 9.18 Å². The van der Waals surface area contributed by atoms with Crippen molar-refractivity contribution in [3.05, 3.63) is 93.7 Å². The van der Waals surface area contributed by atoms with Gasteiger partial charge in [0.15, 0.2) is 17.4 Å². The number of nitrogens with zero attached hydrogens (tertiary/aromatic N) is 5. The van der Waals surface area contributed by atoms with Crippen LogP contribution in [-0.4, -0.2) is 37.3 Å². The zero-order valence-corrected chi connectivity index (χ0v) is 23.7. The van der Waals surface area contributed by atoms with E-state index in [0.29, 0.717) is 11.9 Å². The molecule has 0 radical (unpaired) electrons. The zero-order valence-electron chi connectivity index (χ0n) is 23.7. The Labute approximate surface area is 249 Å². The Morgan fingerprint density at radius 3 is 2.24 bits per heavy atom. The van der Waals surface area contributed by atoms with Crippen molar-refractivity contribution >= 4 is 22.6 Å². The number of anilines is 1. The highest BCUT2D eigenvalue weighted by Gasteiger charge is 2.34. The molecule has 0 fully saturated rings. The van der Waals surface area contributed by atoms with E-state index in [1.165, 1.54) is 33.4 Å². The summed E-state index contributed by atoms with van der Waals surface area (Å²) >= 11 is 0. The van der Waals surface area contributed by atoms with Crippen LogP contribution >= 0.6 is 0 Å². The molecule has 0 saturated heterocycles. The number of ether oxygens (including phenoxy) is 1. The van der Waals surface area contributed by atoms with Crippen LogP contribution in [-0.2, 0) is 37.3 Å². The van der Waals surface area contributed by atoms with Gasteiger partial charge in [0.2, 0.25) is 5.91 Å². The first kappa shape index (κ1) is 31.3. The number of rotatable bonds is 7. The van der Waals surface area contributed by atoms with Gasteiger partial charge < -0.3 is 14.6 Å². The van der Waals surface area contributed by atoms with Crippen molar-refractivity contribution in [1.82, 2.24) is 24.3 Å². The molecular weight excluding hydrogens is 613 g/mol. The molecule has 2 aromatic heterocycles. The largest absolute Gasteiger partial charge is 0.482 e. The summed E-state index contributed by atoms with van der Waals surface area (Å²) < 4.78 is 104. The van der Waals surface area contributed by atoms with Gasteiger partial charge in [-0.1, -0.05) is 0 Å². The lowest BCUT2D eigenvalue weighted by Gasteiger charge is -2.19. The Hall–Kier alpha value is -5.15. The van der Waals surface area contributed by atoms with Crippen molar-refractivity contribution in [2.45, 2.75) is 32.4 Å². The molecule has 3 aromatic carbocycles. The summed E-state index contributed by atoms with van der Waals surface area (Å²) in [7, 11) is 2.55. The van der Waals surface area contributed by atoms with E-state index in [9.17, 15) is 35.9 Å². The molecule has 0 aliphatic rings.